The van der Waals surface area contributed by atoms with Crippen molar-refractivity contribution in [1.82, 2.24) is 15.1 Å². The van der Waals surface area contributed by atoms with Crippen molar-refractivity contribution in [3.8, 4) is 0 Å². The Morgan fingerprint density at radius 2 is 2.06 bits per heavy atom. The van der Waals surface area contributed by atoms with Gasteiger partial charge in [0, 0.05) is 23.6 Å². The highest BCUT2D eigenvalue weighted by Crippen LogP contribution is 2.13. The number of hydrogen-bond acceptors (Lipinski definition) is 3. The molecule has 0 aliphatic heterocycles. The van der Waals surface area contributed by atoms with Crippen LogP contribution in [0.1, 0.15) is 30.8 Å². The molecule has 92 valence electrons. The molecule has 16 heavy (non-hydrogen) atoms. The van der Waals surface area contributed by atoms with Gasteiger partial charge >= 0.3 is 0 Å². The highest BCUT2D eigenvalue weighted by atomic mass is 32.2. The Bertz CT molecular complexity index is 320. The van der Waals surface area contributed by atoms with Crippen LogP contribution in [-0.4, -0.2) is 27.8 Å². The average Bonchev–Trinajstić information content (AvgIpc) is 2.53. The van der Waals surface area contributed by atoms with E-state index < -0.39 is 0 Å². The molecule has 0 aromatic carbocycles. The summed E-state index contributed by atoms with van der Waals surface area (Å²) in [5.74, 6) is 2.34. The van der Waals surface area contributed by atoms with Crippen molar-refractivity contribution in [1.29, 1.82) is 0 Å². The van der Waals surface area contributed by atoms with Crippen LogP contribution in [0.3, 0.4) is 0 Å². The van der Waals surface area contributed by atoms with Crippen LogP contribution in [0.5, 0.6) is 0 Å². The van der Waals surface area contributed by atoms with E-state index in [9.17, 15) is 0 Å². The molecule has 0 amide bonds. The molecule has 1 rings (SSSR count). The molecule has 0 aliphatic rings. The molecular weight excluding hydrogens is 218 g/mol. The lowest BCUT2D eigenvalue weighted by molar-refractivity contribution is 0.637. The zero-order chi connectivity index (χ0) is 12.0. The first kappa shape index (κ1) is 13.6. The maximum absolute atomic E-state index is 4.60. The van der Waals surface area contributed by atoms with Gasteiger partial charge in [0.2, 0.25) is 0 Å². The van der Waals surface area contributed by atoms with Crippen molar-refractivity contribution >= 4 is 11.8 Å². The summed E-state index contributed by atoms with van der Waals surface area (Å²) in [5, 5.41) is 7.97. The van der Waals surface area contributed by atoms with Gasteiger partial charge in [0.15, 0.2) is 0 Å². The van der Waals surface area contributed by atoms with Crippen molar-refractivity contribution in [3.05, 3.63) is 17.0 Å². The van der Waals surface area contributed by atoms with E-state index in [0.29, 0.717) is 0 Å². The lowest BCUT2D eigenvalue weighted by Crippen LogP contribution is -2.13. The minimum absolute atomic E-state index is 0.940. The van der Waals surface area contributed by atoms with E-state index in [4.69, 9.17) is 0 Å². The smallest absolute Gasteiger partial charge is 0.0641 e. The van der Waals surface area contributed by atoms with Crippen molar-refractivity contribution in [2.75, 3.05) is 18.1 Å². The third-order valence-corrected chi connectivity index (χ3v) is 3.61. The lowest BCUT2D eigenvalue weighted by Gasteiger charge is -2.05. The summed E-state index contributed by atoms with van der Waals surface area (Å²) >= 11 is 1.97. The third kappa shape index (κ3) is 3.52. The van der Waals surface area contributed by atoms with Gasteiger partial charge < -0.3 is 5.32 Å². The predicted octanol–water partition coefficient (Wildman–Crippen LogP) is 2.36. The number of nitrogens with one attached hydrogen (secondary N) is 1. The van der Waals surface area contributed by atoms with E-state index >= 15 is 0 Å². The van der Waals surface area contributed by atoms with E-state index in [1.807, 2.05) is 11.8 Å². The van der Waals surface area contributed by atoms with Gasteiger partial charge in [0.25, 0.3) is 0 Å². The van der Waals surface area contributed by atoms with Crippen LogP contribution < -0.4 is 5.32 Å². The number of aromatic nitrogens is 2. The van der Waals surface area contributed by atoms with Crippen molar-refractivity contribution in [2.45, 2.75) is 40.8 Å². The molecule has 0 spiro atoms. The summed E-state index contributed by atoms with van der Waals surface area (Å²) in [6.45, 7) is 11.6. The zero-order valence-corrected chi connectivity index (χ0v) is 11.7. The first-order valence-corrected chi connectivity index (χ1v) is 7.17. The SMILES string of the molecule is CCNCc1c(C)nn(CCSCC)c1C. The quantitative estimate of drug-likeness (QED) is 0.743. The normalized spacial score (nSPS) is 11.0. The second-order valence-corrected chi connectivity index (χ2v) is 5.24. The summed E-state index contributed by atoms with van der Waals surface area (Å²) in [7, 11) is 0. The van der Waals surface area contributed by atoms with Gasteiger partial charge in [-0.2, -0.15) is 16.9 Å². The molecule has 0 radical (unpaired) electrons. The van der Waals surface area contributed by atoms with Crippen LogP contribution in [0.4, 0.5) is 0 Å². The molecule has 1 aromatic rings. The van der Waals surface area contributed by atoms with E-state index in [1.165, 1.54) is 22.7 Å². The van der Waals surface area contributed by atoms with Gasteiger partial charge in [-0.15, -0.1) is 0 Å². The van der Waals surface area contributed by atoms with Crippen LogP contribution in [0.2, 0.25) is 0 Å². The van der Waals surface area contributed by atoms with Crippen LogP contribution in [-0.2, 0) is 13.1 Å². The molecule has 0 saturated heterocycles. The van der Waals surface area contributed by atoms with E-state index in [0.717, 1.165) is 25.4 Å². The Balaban J connectivity index is 2.64. The second kappa shape index (κ2) is 6.97. The Morgan fingerprint density at radius 3 is 2.69 bits per heavy atom. The Kier molecular flexibility index (Phi) is 5.91. The van der Waals surface area contributed by atoms with Crippen LogP contribution in [0, 0.1) is 13.8 Å². The van der Waals surface area contributed by atoms with Crippen molar-refractivity contribution in [3.63, 3.8) is 0 Å². The topological polar surface area (TPSA) is 29.9 Å². The van der Waals surface area contributed by atoms with E-state index in [1.54, 1.807) is 0 Å². The number of aryl methyl sites for hydroxylation is 2. The number of nitrogens with zero attached hydrogens (tertiary/aromatic N) is 2. The van der Waals surface area contributed by atoms with E-state index in [2.05, 4.69) is 42.8 Å². The highest BCUT2D eigenvalue weighted by molar-refractivity contribution is 7.99. The van der Waals surface area contributed by atoms with Crippen LogP contribution in [0.25, 0.3) is 0 Å². The molecule has 1 heterocycles. The summed E-state index contributed by atoms with van der Waals surface area (Å²) in [6.07, 6.45) is 0. The van der Waals surface area contributed by atoms with Crippen LogP contribution in [0.15, 0.2) is 0 Å². The van der Waals surface area contributed by atoms with Gasteiger partial charge in [0.05, 0.1) is 12.2 Å². The monoisotopic (exact) mass is 241 g/mol. The molecule has 3 nitrogen and oxygen atoms in total. The van der Waals surface area contributed by atoms with Gasteiger partial charge in [0.1, 0.15) is 0 Å². The Labute approximate surface area is 103 Å². The van der Waals surface area contributed by atoms with Crippen molar-refractivity contribution in [2.24, 2.45) is 0 Å². The standard InChI is InChI=1S/C12H23N3S/c1-5-13-9-12-10(3)14-15(11(12)4)7-8-16-6-2/h13H,5-9H2,1-4H3. The summed E-state index contributed by atoms with van der Waals surface area (Å²) < 4.78 is 2.14. The molecule has 0 aliphatic carbocycles. The third-order valence-electron chi connectivity index (χ3n) is 2.73. The van der Waals surface area contributed by atoms with Gasteiger partial charge in [-0.25, -0.2) is 0 Å². The number of hydrogen-bond donors (Lipinski definition) is 1. The fourth-order valence-corrected chi connectivity index (χ4v) is 2.34. The second-order valence-electron chi connectivity index (χ2n) is 3.85. The zero-order valence-electron chi connectivity index (χ0n) is 10.8. The maximum Gasteiger partial charge on any atom is 0.0641 e. The molecule has 4 heteroatoms. The first-order valence-electron chi connectivity index (χ1n) is 6.02. The van der Waals surface area contributed by atoms with Crippen molar-refractivity contribution < 1.29 is 0 Å². The lowest BCUT2D eigenvalue weighted by atomic mass is 10.2. The fraction of sp³-hybridized carbons (Fsp3) is 0.750. The molecular formula is C12H23N3S. The Morgan fingerprint density at radius 1 is 1.31 bits per heavy atom. The largest absolute Gasteiger partial charge is 0.313 e. The molecule has 0 bridgehead atoms. The maximum atomic E-state index is 4.60. The minimum atomic E-state index is 0.940. The highest BCUT2D eigenvalue weighted by Gasteiger charge is 2.10. The number of rotatable bonds is 7. The Hall–Kier alpha value is -0.480. The molecule has 0 saturated carbocycles. The molecule has 1 aromatic heterocycles. The van der Waals surface area contributed by atoms with Crippen LogP contribution >= 0.6 is 11.8 Å². The first-order chi connectivity index (χ1) is 7.70. The number of thioether (sulfide) groups is 1. The summed E-state index contributed by atoms with van der Waals surface area (Å²) in [5.41, 5.74) is 3.85. The van der Waals surface area contributed by atoms with Gasteiger partial charge in [-0.05, 0) is 26.1 Å². The minimum Gasteiger partial charge on any atom is -0.313 e. The van der Waals surface area contributed by atoms with Gasteiger partial charge in [-0.1, -0.05) is 13.8 Å². The molecule has 0 atom stereocenters. The molecule has 1 N–H and O–H groups in total. The average molecular weight is 241 g/mol. The molecule has 0 fully saturated rings. The predicted molar refractivity (Wildman–Crippen MR) is 72.1 cm³/mol. The van der Waals surface area contributed by atoms with Gasteiger partial charge in [-0.3, -0.25) is 4.68 Å². The summed E-state index contributed by atoms with van der Waals surface area (Å²) in [4.78, 5) is 0. The molecule has 0 unspecified atom stereocenters. The fourth-order valence-electron chi connectivity index (χ4n) is 1.75. The van der Waals surface area contributed by atoms with E-state index in [-0.39, 0.29) is 0 Å². The summed E-state index contributed by atoms with van der Waals surface area (Å²) in [6, 6.07) is 0.